The highest BCUT2D eigenvalue weighted by Crippen LogP contribution is 2.18. The number of sulfone groups is 1. The average molecular weight is 271 g/mol. The Morgan fingerprint density at radius 3 is 2.44 bits per heavy atom. The molecule has 0 saturated heterocycles. The summed E-state index contributed by atoms with van der Waals surface area (Å²) >= 11 is 0. The molecule has 0 unspecified atom stereocenters. The number of esters is 1. The number of carbonyl (C=O) groups is 1. The molecule has 0 spiro atoms. The van der Waals surface area contributed by atoms with Crippen LogP contribution >= 0.6 is 0 Å². The number of nitrogens with two attached hydrogens (primary N) is 1. The van der Waals surface area contributed by atoms with Gasteiger partial charge in [-0.3, -0.25) is 0 Å². The molecule has 0 aliphatic carbocycles. The fourth-order valence-electron chi connectivity index (χ4n) is 1.45. The first-order chi connectivity index (χ1) is 8.20. The van der Waals surface area contributed by atoms with Gasteiger partial charge in [0.2, 0.25) is 0 Å². The number of anilines is 1. The molecule has 0 atom stereocenters. The van der Waals surface area contributed by atoms with E-state index in [0.29, 0.717) is 11.3 Å². The average Bonchev–Trinajstić information content (AvgIpc) is 2.21. The predicted octanol–water partition coefficient (Wildman–Crippen LogP) is 1.09. The Kier molecular flexibility index (Phi) is 4.34. The van der Waals surface area contributed by atoms with Gasteiger partial charge in [-0.2, -0.15) is 0 Å². The van der Waals surface area contributed by atoms with E-state index >= 15 is 0 Å². The van der Waals surface area contributed by atoms with E-state index in [1.807, 2.05) is 6.92 Å². The van der Waals surface area contributed by atoms with Crippen molar-refractivity contribution in [1.82, 2.24) is 0 Å². The summed E-state index contributed by atoms with van der Waals surface area (Å²) in [6.45, 7) is 3.48. The van der Waals surface area contributed by atoms with Gasteiger partial charge in [-0.05, 0) is 31.0 Å². The Morgan fingerprint density at radius 1 is 1.28 bits per heavy atom. The van der Waals surface area contributed by atoms with E-state index in [1.165, 1.54) is 0 Å². The molecule has 0 amide bonds. The second-order valence-corrected chi connectivity index (χ2v) is 6.55. The van der Waals surface area contributed by atoms with Gasteiger partial charge < -0.3 is 10.5 Å². The first-order valence-corrected chi connectivity index (χ1v) is 7.48. The molecule has 0 bridgehead atoms. The van der Waals surface area contributed by atoms with Crippen LogP contribution in [0.4, 0.5) is 5.69 Å². The third kappa shape index (κ3) is 4.03. The zero-order chi connectivity index (χ0) is 13.9. The minimum Gasteiger partial charge on any atom is -0.461 e. The van der Waals surface area contributed by atoms with E-state index in [2.05, 4.69) is 0 Å². The smallest absolute Gasteiger partial charge is 0.338 e. The van der Waals surface area contributed by atoms with Gasteiger partial charge in [-0.15, -0.1) is 0 Å². The van der Waals surface area contributed by atoms with E-state index < -0.39 is 15.8 Å². The van der Waals surface area contributed by atoms with E-state index in [-0.39, 0.29) is 12.4 Å². The molecule has 6 heteroatoms. The van der Waals surface area contributed by atoms with Crippen LogP contribution in [0.2, 0.25) is 0 Å². The predicted molar refractivity (Wildman–Crippen MR) is 70.3 cm³/mol. The summed E-state index contributed by atoms with van der Waals surface area (Å²) in [7, 11) is -3.13. The molecular weight excluding hydrogens is 254 g/mol. The summed E-state index contributed by atoms with van der Waals surface area (Å²) in [4.78, 5) is 11.7. The molecule has 1 rings (SSSR count). The first-order valence-electron chi connectivity index (χ1n) is 5.42. The van der Waals surface area contributed by atoms with Crippen molar-refractivity contribution in [2.45, 2.75) is 13.8 Å². The minimum atomic E-state index is -3.13. The fourth-order valence-corrected chi connectivity index (χ4v) is 1.84. The zero-order valence-corrected chi connectivity index (χ0v) is 11.5. The van der Waals surface area contributed by atoms with E-state index in [0.717, 1.165) is 17.4 Å². The van der Waals surface area contributed by atoms with Crippen molar-refractivity contribution >= 4 is 21.5 Å². The highest BCUT2D eigenvalue weighted by Gasteiger charge is 2.13. The molecule has 0 aromatic heterocycles. The summed E-state index contributed by atoms with van der Waals surface area (Å²) in [6.07, 6.45) is 1.09. The van der Waals surface area contributed by atoms with Crippen LogP contribution in [0.5, 0.6) is 0 Å². The molecule has 0 aliphatic rings. The Labute approximate surface area is 107 Å². The third-order valence-corrected chi connectivity index (χ3v) is 3.43. The molecule has 0 radical (unpaired) electrons. The van der Waals surface area contributed by atoms with Gasteiger partial charge in [0.15, 0.2) is 9.84 Å². The number of ether oxygens (including phenoxy) is 1. The molecule has 18 heavy (non-hydrogen) atoms. The molecule has 0 fully saturated rings. The van der Waals surface area contributed by atoms with Crippen LogP contribution in [0.15, 0.2) is 12.1 Å². The quantitative estimate of drug-likeness (QED) is 0.654. The maximum absolute atomic E-state index is 11.7. The number of nitrogen functional groups attached to an aromatic ring is 1. The van der Waals surface area contributed by atoms with Crippen LogP contribution in [-0.2, 0) is 14.6 Å². The molecule has 1 aromatic rings. The number of hydrogen-bond donors (Lipinski definition) is 1. The van der Waals surface area contributed by atoms with Crippen LogP contribution in [-0.4, -0.2) is 33.0 Å². The van der Waals surface area contributed by atoms with Crippen molar-refractivity contribution in [2.75, 3.05) is 24.3 Å². The van der Waals surface area contributed by atoms with Gasteiger partial charge in [0.25, 0.3) is 0 Å². The lowest BCUT2D eigenvalue weighted by molar-refractivity contribution is 0.0528. The van der Waals surface area contributed by atoms with Gasteiger partial charge in [-0.25, -0.2) is 13.2 Å². The Hall–Kier alpha value is -1.56. The number of rotatable bonds is 4. The summed E-state index contributed by atoms with van der Waals surface area (Å²) in [5.41, 5.74) is 8.24. The van der Waals surface area contributed by atoms with Crippen LogP contribution in [0, 0.1) is 13.8 Å². The normalized spacial score (nSPS) is 11.3. The minimum absolute atomic E-state index is 0.148. The van der Waals surface area contributed by atoms with Gasteiger partial charge in [0.05, 0.1) is 11.3 Å². The molecule has 2 N–H and O–H groups in total. The molecular formula is C12H17NO4S. The molecule has 0 aliphatic heterocycles. The first kappa shape index (κ1) is 14.5. The van der Waals surface area contributed by atoms with Gasteiger partial charge in [0.1, 0.15) is 6.61 Å². The lowest BCUT2D eigenvalue weighted by Gasteiger charge is -2.09. The van der Waals surface area contributed by atoms with E-state index in [1.54, 1.807) is 19.1 Å². The fraction of sp³-hybridized carbons (Fsp3) is 0.417. The maximum Gasteiger partial charge on any atom is 0.338 e. The lowest BCUT2D eigenvalue weighted by atomic mass is 10.0. The lowest BCUT2D eigenvalue weighted by Crippen LogP contribution is -2.15. The summed E-state index contributed by atoms with van der Waals surface area (Å²) in [5.74, 6) is -0.734. The van der Waals surface area contributed by atoms with Crippen LogP contribution in [0.3, 0.4) is 0 Å². The zero-order valence-electron chi connectivity index (χ0n) is 10.7. The van der Waals surface area contributed by atoms with Crippen LogP contribution in [0.1, 0.15) is 21.5 Å². The van der Waals surface area contributed by atoms with Gasteiger partial charge in [0, 0.05) is 11.9 Å². The summed E-state index contributed by atoms with van der Waals surface area (Å²) in [5, 5.41) is 0. The maximum atomic E-state index is 11.7. The number of hydrogen-bond acceptors (Lipinski definition) is 5. The number of benzene rings is 1. The topological polar surface area (TPSA) is 86.5 Å². The van der Waals surface area contributed by atoms with Crippen LogP contribution in [0.25, 0.3) is 0 Å². The van der Waals surface area contributed by atoms with Crippen LogP contribution < -0.4 is 5.73 Å². The molecule has 5 nitrogen and oxygen atoms in total. The highest BCUT2D eigenvalue weighted by atomic mass is 32.2. The molecule has 1 aromatic carbocycles. The van der Waals surface area contributed by atoms with Crippen molar-refractivity contribution < 1.29 is 17.9 Å². The Balaban J connectivity index is 2.76. The van der Waals surface area contributed by atoms with E-state index in [4.69, 9.17) is 10.5 Å². The monoisotopic (exact) mass is 271 g/mol. The number of aryl methyl sites for hydroxylation is 2. The molecule has 0 heterocycles. The van der Waals surface area contributed by atoms with E-state index in [9.17, 15) is 13.2 Å². The molecule has 0 saturated carbocycles. The SMILES string of the molecule is Cc1cc(C)c(C(=O)OCCS(C)(=O)=O)cc1N. The van der Waals surface area contributed by atoms with Crippen molar-refractivity contribution in [1.29, 1.82) is 0 Å². The largest absolute Gasteiger partial charge is 0.461 e. The second kappa shape index (κ2) is 5.39. The second-order valence-electron chi connectivity index (χ2n) is 4.29. The van der Waals surface area contributed by atoms with Gasteiger partial charge in [-0.1, -0.05) is 6.07 Å². The van der Waals surface area contributed by atoms with Gasteiger partial charge >= 0.3 is 5.97 Å². The Morgan fingerprint density at radius 2 is 1.89 bits per heavy atom. The van der Waals surface area contributed by atoms with Crippen molar-refractivity contribution in [3.63, 3.8) is 0 Å². The Bertz CT molecular complexity index is 564. The molecule has 100 valence electrons. The third-order valence-electron chi connectivity index (χ3n) is 2.52. The summed E-state index contributed by atoms with van der Waals surface area (Å²) in [6, 6.07) is 3.34. The van der Waals surface area contributed by atoms with Crippen molar-refractivity contribution in [3.05, 3.63) is 28.8 Å². The van der Waals surface area contributed by atoms with Crippen molar-refractivity contribution in [2.24, 2.45) is 0 Å². The summed E-state index contributed by atoms with van der Waals surface area (Å²) < 4.78 is 26.7. The standard InChI is InChI=1S/C12H17NO4S/c1-8-6-9(2)11(13)7-10(8)12(14)17-4-5-18(3,15)16/h6-7H,4-5,13H2,1-3H3. The number of carbonyl (C=O) groups excluding carboxylic acids is 1. The van der Waals surface area contributed by atoms with Crippen molar-refractivity contribution in [3.8, 4) is 0 Å². The highest BCUT2D eigenvalue weighted by molar-refractivity contribution is 7.90.